The van der Waals surface area contributed by atoms with E-state index in [1.807, 2.05) is 12.4 Å². The molecule has 2 aromatic heterocycles. The molecule has 2 heterocycles. The number of fused-ring (bicyclic) bond motifs is 2. The van der Waals surface area contributed by atoms with Crippen molar-refractivity contribution >= 4 is 21.8 Å². The van der Waals surface area contributed by atoms with Gasteiger partial charge in [0.2, 0.25) is 0 Å². The van der Waals surface area contributed by atoms with Gasteiger partial charge in [0.1, 0.15) is 0 Å². The second kappa shape index (κ2) is 10.1. The maximum atomic E-state index is 4.52. The van der Waals surface area contributed by atoms with Crippen molar-refractivity contribution in [3.63, 3.8) is 0 Å². The summed E-state index contributed by atoms with van der Waals surface area (Å²) in [7, 11) is 0. The molecule has 0 saturated heterocycles. The molecule has 4 aromatic carbocycles. The van der Waals surface area contributed by atoms with E-state index in [2.05, 4.69) is 135 Å². The third kappa shape index (κ3) is 5.34. The predicted molar refractivity (Wildman–Crippen MR) is 153 cm³/mol. The zero-order valence-electron chi connectivity index (χ0n) is 21.3. The number of hydrogen-bond donors (Lipinski definition) is 0. The highest BCUT2D eigenvalue weighted by atomic mass is 14.7. The first-order valence-corrected chi connectivity index (χ1v) is 12.3. The fraction of sp³-hybridized carbons (Fsp3) is 0.118. The van der Waals surface area contributed by atoms with Crippen LogP contribution in [0.5, 0.6) is 0 Å². The Balaban J connectivity index is 0.000000148. The molecule has 0 spiro atoms. The highest BCUT2D eigenvalue weighted by molar-refractivity contribution is 5.85. The maximum Gasteiger partial charge on any atom is 0.0702 e. The largest absolute Gasteiger partial charge is 0.256 e. The SMILES string of the molecule is Cc1ccc(-c2cnc3ccc(C)cc3c2)cc1.Cc1ccc(-c2cnc3ccc(C)cc3c2)cc1. The van der Waals surface area contributed by atoms with Gasteiger partial charge in [-0.2, -0.15) is 0 Å². The molecule has 0 aliphatic carbocycles. The van der Waals surface area contributed by atoms with Crippen LogP contribution in [0, 0.1) is 27.7 Å². The van der Waals surface area contributed by atoms with Gasteiger partial charge in [0.25, 0.3) is 0 Å². The first-order chi connectivity index (χ1) is 17.4. The Kier molecular flexibility index (Phi) is 6.60. The van der Waals surface area contributed by atoms with Crippen LogP contribution in [0.1, 0.15) is 22.3 Å². The number of rotatable bonds is 2. The average molecular weight is 467 g/mol. The van der Waals surface area contributed by atoms with E-state index in [0.717, 1.165) is 11.0 Å². The van der Waals surface area contributed by atoms with Crippen LogP contribution in [0.15, 0.2) is 109 Å². The summed E-state index contributed by atoms with van der Waals surface area (Å²) >= 11 is 0. The van der Waals surface area contributed by atoms with Crippen LogP contribution in [0.4, 0.5) is 0 Å². The summed E-state index contributed by atoms with van der Waals surface area (Å²) in [6, 6.07) is 34.2. The van der Waals surface area contributed by atoms with Gasteiger partial charge in [-0.1, -0.05) is 82.9 Å². The zero-order valence-corrected chi connectivity index (χ0v) is 21.3. The van der Waals surface area contributed by atoms with Crippen molar-refractivity contribution in [3.8, 4) is 22.3 Å². The number of hydrogen-bond acceptors (Lipinski definition) is 2. The summed E-state index contributed by atoms with van der Waals surface area (Å²) in [5, 5.41) is 2.40. The van der Waals surface area contributed by atoms with Gasteiger partial charge in [0.15, 0.2) is 0 Å². The molecule has 0 aliphatic heterocycles. The number of pyridine rings is 2. The second-order valence-electron chi connectivity index (χ2n) is 9.57. The molecule has 0 aliphatic rings. The Hall–Kier alpha value is -4.30. The molecule has 176 valence electrons. The third-order valence-corrected chi connectivity index (χ3v) is 6.44. The van der Waals surface area contributed by atoms with Gasteiger partial charge in [-0.3, -0.25) is 9.97 Å². The van der Waals surface area contributed by atoms with Gasteiger partial charge in [0, 0.05) is 34.3 Å². The van der Waals surface area contributed by atoms with Crippen LogP contribution < -0.4 is 0 Å². The lowest BCUT2D eigenvalue weighted by Crippen LogP contribution is -1.84. The molecule has 0 amide bonds. The normalized spacial score (nSPS) is 10.8. The molecule has 0 atom stereocenters. The van der Waals surface area contributed by atoms with E-state index in [1.165, 1.54) is 55.3 Å². The first-order valence-electron chi connectivity index (χ1n) is 12.3. The maximum absolute atomic E-state index is 4.52. The summed E-state index contributed by atoms with van der Waals surface area (Å²) in [5.74, 6) is 0. The summed E-state index contributed by atoms with van der Waals surface area (Å²) in [6.45, 7) is 8.42. The molecular formula is C34H30N2. The molecule has 36 heavy (non-hydrogen) atoms. The summed E-state index contributed by atoms with van der Waals surface area (Å²) in [6.07, 6.45) is 3.89. The van der Waals surface area contributed by atoms with Gasteiger partial charge in [-0.25, -0.2) is 0 Å². The van der Waals surface area contributed by atoms with Crippen molar-refractivity contribution in [1.82, 2.24) is 9.97 Å². The van der Waals surface area contributed by atoms with Gasteiger partial charge >= 0.3 is 0 Å². The Morgan fingerprint density at radius 3 is 1.11 bits per heavy atom. The Bertz CT molecular complexity index is 1520. The van der Waals surface area contributed by atoms with Crippen molar-refractivity contribution in [3.05, 3.63) is 132 Å². The Morgan fingerprint density at radius 1 is 0.361 bits per heavy atom. The molecular weight excluding hydrogens is 436 g/mol. The molecule has 0 bridgehead atoms. The molecule has 6 aromatic rings. The van der Waals surface area contributed by atoms with Crippen LogP contribution in [0.25, 0.3) is 44.1 Å². The number of benzene rings is 4. The molecule has 2 nitrogen and oxygen atoms in total. The fourth-order valence-corrected chi connectivity index (χ4v) is 4.31. The molecule has 2 heteroatoms. The van der Waals surface area contributed by atoms with Crippen molar-refractivity contribution in [1.29, 1.82) is 0 Å². The number of nitrogens with zero attached hydrogens (tertiary/aromatic N) is 2. The third-order valence-electron chi connectivity index (χ3n) is 6.44. The predicted octanol–water partition coefficient (Wildman–Crippen LogP) is 9.04. The standard InChI is InChI=1S/2C17H15N/c2*1-12-3-6-14(7-4-12)16-10-15-9-13(2)5-8-17(15)18-11-16/h2*3-11H,1-2H3. The van der Waals surface area contributed by atoms with Gasteiger partial charge in [-0.15, -0.1) is 0 Å². The second-order valence-corrected chi connectivity index (χ2v) is 9.57. The van der Waals surface area contributed by atoms with Crippen molar-refractivity contribution in [2.24, 2.45) is 0 Å². The first kappa shape index (κ1) is 23.4. The highest BCUT2D eigenvalue weighted by Crippen LogP contribution is 2.25. The Morgan fingerprint density at radius 2 is 0.722 bits per heavy atom. The van der Waals surface area contributed by atoms with E-state index >= 15 is 0 Å². The van der Waals surface area contributed by atoms with E-state index in [-0.39, 0.29) is 0 Å². The summed E-state index contributed by atoms with van der Waals surface area (Å²) in [5.41, 5.74) is 12.0. The zero-order chi connectivity index (χ0) is 25.1. The topological polar surface area (TPSA) is 25.8 Å². The number of aromatic nitrogens is 2. The van der Waals surface area contributed by atoms with Crippen LogP contribution >= 0.6 is 0 Å². The van der Waals surface area contributed by atoms with Gasteiger partial charge < -0.3 is 0 Å². The lowest BCUT2D eigenvalue weighted by Gasteiger charge is -2.04. The van der Waals surface area contributed by atoms with Crippen molar-refractivity contribution in [2.75, 3.05) is 0 Å². The minimum Gasteiger partial charge on any atom is -0.256 e. The van der Waals surface area contributed by atoms with Crippen LogP contribution in [-0.2, 0) is 0 Å². The van der Waals surface area contributed by atoms with Crippen LogP contribution in [0.2, 0.25) is 0 Å². The fourth-order valence-electron chi connectivity index (χ4n) is 4.31. The molecule has 0 fully saturated rings. The quantitative estimate of drug-likeness (QED) is 0.254. The Labute approximate surface area is 213 Å². The molecule has 0 radical (unpaired) electrons. The van der Waals surface area contributed by atoms with Gasteiger partial charge in [-0.05, 0) is 75.2 Å². The highest BCUT2D eigenvalue weighted by Gasteiger charge is 2.02. The average Bonchev–Trinajstić information content (AvgIpc) is 2.89. The van der Waals surface area contributed by atoms with E-state index in [9.17, 15) is 0 Å². The monoisotopic (exact) mass is 466 g/mol. The summed E-state index contributed by atoms with van der Waals surface area (Å²) in [4.78, 5) is 9.04. The minimum atomic E-state index is 1.05. The smallest absolute Gasteiger partial charge is 0.0702 e. The molecule has 0 unspecified atom stereocenters. The van der Waals surface area contributed by atoms with E-state index in [1.54, 1.807) is 0 Å². The van der Waals surface area contributed by atoms with Crippen LogP contribution in [0.3, 0.4) is 0 Å². The molecule has 6 rings (SSSR count). The van der Waals surface area contributed by atoms with E-state index in [4.69, 9.17) is 0 Å². The molecule has 0 saturated carbocycles. The van der Waals surface area contributed by atoms with Crippen molar-refractivity contribution < 1.29 is 0 Å². The van der Waals surface area contributed by atoms with Crippen LogP contribution in [-0.4, -0.2) is 9.97 Å². The summed E-state index contributed by atoms with van der Waals surface area (Å²) < 4.78 is 0. The van der Waals surface area contributed by atoms with E-state index in [0.29, 0.717) is 0 Å². The van der Waals surface area contributed by atoms with Gasteiger partial charge in [0.05, 0.1) is 11.0 Å². The molecule has 0 N–H and O–H groups in total. The lowest BCUT2D eigenvalue weighted by molar-refractivity contribution is 1.39. The number of aryl methyl sites for hydroxylation is 4. The lowest BCUT2D eigenvalue weighted by atomic mass is 10.0. The van der Waals surface area contributed by atoms with E-state index < -0.39 is 0 Å². The minimum absolute atomic E-state index is 1.05. The van der Waals surface area contributed by atoms with Crippen molar-refractivity contribution in [2.45, 2.75) is 27.7 Å².